The predicted octanol–water partition coefficient (Wildman–Crippen LogP) is 2.99. The molecule has 3 aliphatic rings. The van der Waals surface area contributed by atoms with Gasteiger partial charge in [-0.05, 0) is 82.3 Å². The van der Waals surface area contributed by atoms with E-state index in [4.69, 9.17) is 24.5 Å². The quantitative estimate of drug-likeness (QED) is 0.565. The Morgan fingerprint density at radius 3 is 2.57 bits per heavy atom. The van der Waals surface area contributed by atoms with E-state index in [0.29, 0.717) is 24.4 Å². The lowest BCUT2D eigenvalue weighted by atomic mass is 9.86. The number of likely N-dealkylation sites (tertiary alicyclic amines) is 1. The maximum Gasteiger partial charge on any atom is 0.159 e. The van der Waals surface area contributed by atoms with Crippen molar-refractivity contribution in [2.24, 2.45) is 0 Å². The zero-order valence-electron chi connectivity index (χ0n) is 22.1. The average Bonchev–Trinajstić information content (AvgIpc) is 3.58. The first-order valence-corrected chi connectivity index (χ1v) is 13.7. The van der Waals surface area contributed by atoms with E-state index >= 15 is 0 Å². The summed E-state index contributed by atoms with van der Waals surface area (Å²) < 4.78 is 13.3. The molecule has 0 amide bonds. The molecular formula is C28H38N6O3. The lowest BCUT2D eigenvalue weighted by Crippen LogP contribution is -2.51. The summed E-state index contributed by atoms with van der Waals surface area (Å²) in [6.07, 6.45) is 5.23. The lowest BCUT2D eigenvalue weighted by molar-refractivity contribution is -0.0184. The van der Waals surface area contributed by atoms with Gasteiger partial charge in [0.15, 0.2) is 5.82 Å². The fourth-order valence-corrected chi connectivity index (χ4v) is 6.38. The van der Waals surface area contributed by atoms with Gasteiger partial charge in [-0.25, -0.2) is 14.6 Å². The van der Waals surface area contributed by atoms with Crippen LogP contribution in [0.4, 0.5) is 5.82 Å². The number of piperidine rings is 1. The molecule has 3 atom stereocenters. The zero-order valence-corrected chi connectivity index (χ0v) is 22.1. The average molecular weight is 507 g/mol. The molecule has 1 N–H and O–H groups in total. The molecule has 6 rings (SSSR count). The van der Waals surface area contributed by atoms with Crippen molar-refractivity contribution in [2.45, 2.75) is 64.1 Å². The molecule has 0 radical (unpaired) electrons. The van der Waals surface area contributed by atoms with Crippen molar-refractivity contribution in [1.82, 2.24) is 24.6 Å². The summed E-state index contributed by atoms with van der Waals surface area (Å²) in [6, 6.07) is 7.25. The van der Waals surface area contributed by atoms with Crippen molar-refractivity contribution in [2.75, 3.05) is 51.0 Å². The van der Waals surface area contributed by atoms with Crippen molar-refractivity contribution in [3.8, 4) is 5.82 Å². The minimum atomic E-state index is -0.226. The van der Waals surface area contributed by atoms with E-state index in [1.807, 2.05) is 23.9 Å². The number of morpholine rings is 1. The van der Waals surface area contributed by atoms with Gasteiger partial charge in [0.2, 0.25) is 0 Å². The minimum Gasteiger partial charge on any atom is -0.394 e. The Balaban J connectivity index is 1.29. The molecule has 9 nitrogen and oxygen atoms in total. The van der Waals surface area contributed by atoms with E-state index in [-0.39, 0.29) is 18.8 Å². The first-order valence-electron chi connectivity index (χ1n) is 13.7. The van der Waals surface area contributed by atoms with Crippen molar-refractivity contribution >= 4 is 16.7 Å². The van der Waals surface area contributed by atoms with Gasteiger partial charge in [0, 0.05) is 30.6 Å². The first-order chi connectivity index (χ1) is 18.0. The summed E-state index contributed by atoms with van der Waals surface area (Å²) in [5.74, 6) is 2.86. The summed E-state index contributed by atoms with van der Waals surface area (Å²) in [5, 5.41) is 15.6. The highest BCUT2D eigenvalue weighted by Crippen LogP contribution is 2.35. The molecule has 0 aliphatic carbocycles. The van der Waals surface area contributed by atoms with E-state index < -0.39 is 0 Å². The van der Waals surface area contributed by atoms with Crippen molar-refractivity contribution in [1.29, 1.82) is 0 Å². The second kappa shape index (κ2) is 10.3. The highest BCUT2D eigenvalue weighted by atomic mass is 16.5. The van der Waals surface area contributed by atoms with Crippen LogP contribution < -0.4 is 4.90 Å². The molecule has 2 aromatic heterocycles. The third-order valence-corrected chi connectivity index (χ3v) is 8.54. The van der Waals surface area contributed by atoms with Crippen LogP contribution in [0.5, 0.6) is 0 Å². The fourth-order valence-electron chi connectivity index (χ4n) is 6.38. The Morgan fingerprint density at radius 2 is 1.81 bits per heavy atom. The second-order valence-electron chi connectivity index (χ2n) is 10.8. The van der Waals surface area contributed by atoms with Gasteiger partial charge in [-0.15, -0.1) is 0 Å². The number of hydrogen-bond donors (Lipinski definition) is 1. The van der Waals surface area contributed by atoms with E-state index in [9.17, 15) is 5.11 Å². The highest BCUT2D eigenvalue weighted by molar-refractivity contribution is 5.82. The Morgan fingerprint density at radius 1 is 1.00 bits per heavy atom. The van der Waals surface area contributed by atoms with E-state index in [2.05, 4.69) is 35.8 Å². The number of ether oxygens (including phenoxy) is 2. The first kappa shape index (κ1) is 24.7. The summed E-state index contributed by atoms with van der Waals surface area (Å²) in [6.45, 7) is 11.6. The summed E-state index contributed by atoms with van der Waals surface area (Å²) in [5.41, 5.74) is 3.85. The summed E-state index contributed by atoms with van der Waals surface area (Å²) >= 11 is 0. The van der Waals surface area contributed by atoms with Crippen LogP contribution in [-0.2, 0) is 9.47 Å². The number of rotatable bonds is 5. The monoisotopic (exact) mass is 506 g/mol. The number of fused-ring (bicyclic) bond motifs is 1. The molecule has 5 heterocycles. The number of anilines is 1. The molecule has 198 valence electrons. The largest absolute Gasteiger partial charge is 0.394 e. The molecule has 3 saturated heterocycles. The summed E-state index contributed by atoms with van der Waals surface area (Å²) in [7, 11) is 0. The SMILES string of the molecule is Cc1nc(N2CCOC(CO)C2C)cc(-n2ncc3cc(C)c(C4CCN(C5CCOC5)CC4)cc32)n1. The molecule has 1 aromatic carbocycles. The molecule has 0 saturated carbocycles. The van der Waals surface area contributed by atoms with Gasteiger partial charge in [-0.2, -0.15) is 5.10 Å². The van der Waals surface area contributed by atoms with Crippen LogP contribution in [0.1, 0.15) is 49.1 Å². The predicted molar refractivity (Wildman–Crippen MR) is 143 cm³/mol. The van der Waals surface area contributed by atoms with Crippen molar-refractivity contribution in [3.05, 3.63) is 41.3 Å². The van der Waals surface area contributed by atoms with E-state index in [1.54, 1.807) is 0 Å². The van der Waals surface area contributed by atoms with Crippen LogP contribution in [0, 0.1) is 13.8 Å². The number of aliphatic hydroxyl groups is 1. The van der Waals surface area contributed by atoms with Gasteiger partial charge >= 0.3 is 0 Å². The van der Waals surface area contributed by atoms with E-state index in [1.165, 1.54) is 30.4 Å². The molecule has 37 heavy (non-hydrogen) atoms. The molecule has 0 spiro atoms. The Bertz CT molecular complexity index is 1250. The Hall–Kier alpha value is -2.59. The van der Waals surface area contributed by atoms with Crippen molar-refractivity contribution < 1.29 is 14.6 Å². The molecule has 3 unspecified atom stereocenters. The van der Waals surface area contributed by atoms with Gasteiger partial charge in [-0.1, -0.05) is 0 Å². The standard InChI is InChI=1S/C28H38N6O3/c1-18-12-22-15-29-34(25(22)13-24(18)21-4-7-32(8-5-21)23-6-10-36-17-23)28-14-27(30-20(3)31-28)33-9-11-37-26(16-35)19(33)2/h12-15,19,21,23,26,35H,4-11,16-17H2,1-3H3. The Kier molecular flexibility index (Phi) is 6.88. The minimum absolute atomic E-state index is 0.00608. The number of benzene rings is 1. The number of aliphatic hydroxyl groups excluding tert-OH is 1. The van der Waals surface area contributed by atoms with Gasteiger partial charge in [-0.3, -0.25) is 4.90 Å². The molecular weight excluding hydrogens is 468 g/mol. The normalized spacial score (nSPS) is 25.8. The molecule has 9 heteroatoms. The maximum absolute atomic E-state index is 9.72. The number of nitrogens with zero attached hydrogens (tertiary/aromatic N) is 6. The number of hydrogen-bond acceptors (Lipinski definition) is 8. The van der Waals surface area contributed by atoms with Gasteiger partial charge in [0.25, 0.3) is 0 Å². The third kappa shape index (κ3) is 4.74. The van der Waals surface area contributed by atoms with Crippen LogP contribution in [0.25, 0.3) is 16.7 Å². The van der Waals surface area contributed by atoms with Crippen molar-refractivity contribution in [3.63, 3.8) is 0 Å². The number of aromatic nitrogens is 4. The van der Waals surface area contributed by atoms with Crippen LogP contribution >= 0.6 is 0 Å². The topological polar surface area (TPSA) is 88.8 Å². The fraction of sp³-hybridized carbons (Fsp3) is 0.607. The molecule has 3 fully saturated rings. The maximum atomic E-state index is 9.72. The van der Waals surface area contributed by atoms with Gasteiger partial charge in [0.1, 0.15) is 17.7 Å². The van der Waals surface area contributed by atoms with E-state index in [0.717, 1.165) is 55.4 Å². The summed E-state index contributed by atoms with van der Waals surface area (Å²) in [4.78, 5) is 14.3. The number of aryl methyl sites for hydroxylation is 2. The zero-order chi connectivity index (χ0) is 25.5. The van der Waals surface area contributed by atoms with Crippen LogP contribution in [-0.4, -0.2) is 94.0 Å². The molecule has 3 aromatic rings. The van der Waals surface area contributed by atoms with Crippen LogP contribution in [0.15, 0.2) is 24.4 Å². The molecule has 0 bridgehead atoms. The third-order valence-electron chi connectivity index (χ3n) is 8.54. The highest BCUT2D eigenvalue weighted by Gasteiger charge is 2.31. The van der Waals surface area contributed by atoms with Crippen LogP contribution in [0.3, 0.4) is 0 Å². The Labute approximate surface area is 218 Å². The lowest BCUT2D eigenvalue weighted by Gasteiger charge is -2.39. The molecule has 3 aliphatic heterocycles. The smallest absolute Gasteiger partial charge is 0.159 e. The van der Waals surface area contributed by atoms with Crippen LogP contribution in [0.2, 0.25) is 0 Å². The second-order valence-corrected chi connectivity index (χ2v) is 10.8. The van der Waals surface area contributed by atoms with Gasteiger partial charge < -0.3 is 19.5 Å². The van der Waals surface area contributed by atoms with Gasteiger partial charge in [0.05, 0.1) is 37.6 Å².